The number of amides is 4. The van der Waals surface area contributed by atoms with Crippen LogP contribution >= 0.6 is 0 Å². The fourth-order valence-corrected chi connectivity index (χ4v) is 1.49. The van der Waals surface area contributed by atoms with Crippen LogP contribution in [0.15, 0.2) is 24.3 Å². The van der Waals surface area contributed by atoms with Crippen LogP contribution in [0.25, 0.3) is 11.1 Å². The van der Waals surface area contributed by atoms with Gasteiger partial charge in [-0.05, 0) is 17.2 Å². The average molecular weight is 233 g/mol. The van der Waals surface area contributed by atoms with Crippen LogP contribution in [0, 0.1) is 0 Å². The Hall–Kier alpha value is -2.37. The number of hydrogen-bond donors (Lipinski definition) is 2. The van der Waals surface area contributed by atoms with Gasteiger partial charge < -0.3 is 5.73 Å². The average Bonchev–Trinajstić information content (AvgIpc) is 2.77. The van der Waals surface area contributed by atoms with Crippen LogP contribution < -0.4 is 11.2 Å². The first-order valence-corrected chi connectivity index (χ1v) is 5.10. The van der Waals surface area contributed by atoms with Gasteiger partial charge in [0.1, 0.15) is 0 Å². The van der Waals surface area contributed by atoms with Gasteiger partial charge in [-0.25, -0.2) is 10.2 Å². The predicted molar refractivity (Wildman–Crippen MR) is 59.2 cm³/mol. The number of hydrogen-bond acceptors (Lipinski definition) is 3. The molecule has 3 N–H and O–H groups in total. The number of carbonyl (C=O) groups excluding carboxylic acids is 3. The number of primary amides is 1. The molecule has 1 fully saturated rings. The lowest BCUT2D eigenvalue weighted by molar-refractivity contribution is -0.140. The van der Waals surface area contributed by atoms with Gasteiger partial charge >= 0.3 is 6.03 Å². The number of rotatable bonds is 1. The highest BCUT2D eigenvalue weighted by Gasteiger charge is 2.29. The maximum Gasteiger partial charge on any atom is 0.331 e. The highest BCUT2D eigenvalue weighted by atomic mass is 16.2. The maximum absolute atomic E-state index is 10.8. The molecule has 1 heterocycles. The van der Waals surface area contributed by atoms with Gasteiger partial charge in [0.25, 0.3) is 0 Å². The van der Waals surface area contributed by atoms with Gasteiger partial charge in [0.2, 0.25) is 11.8 Å². The second-order valence-corrected chi connectivity index (χ2v) is 3.68. The highest BCUT2D eigenvalue weighted by molar-refractivity contribution is 6.02. The molecule has 0 radical (unpaired) electrons. The van der Waals surface area contributed by atoms with Gasteiger partial charge in [-0.15, -0.1) is 0 Å². The van der Waals surface area contributed by atoms with E-state index in [4.69, 9.17) is 5.73 Å². The van der Waals surface area contributed by atoms with Gasteiger partial charge in [0, 0.05) is 12.8 Å². The molecule has 0 atom stereocenters. The summed E-state index contributed by atoms with van der Waals surface area (Å²) in [5, 5.41) is 0.641. The van der Waals surface area contributed by atoms with Crippen molar-refractivity contribution in [2.75, 3.05) is 0 Å². The zero-order valence-corrected chi connectivity index (χ0v) is 8.97. The lowest BCUT2D eigenvalue weighted by atomic mass is 10.4. The number of nitrogens with one attached hydrogen (secondary N) is 1. The van der Waals surface area contributed by atoms with E-state index in [2.05, 4.69) is 24.3 Å². The van der Waals surface area contributed by atoms with Crippen molar-refractivity contribution in [2.45, 2.75) is 12.8 Å². The third kappa shape index (κ3) is 2.60. The van der Waals surface area contributed by atoms with E-state index in [-0.39, 0.29) is 12.8 Å². The van der Waals surface area contributed by atoms with Crippen molar-refractivity contribution in [1.82, 2.24) is 10.4 Å². The lowest BCUT2D eigenvalue weighted by Gasteiger charge is -2.11. The first kappa shape index (κ1) is 11.1. The Morgan fingerprint density at radius 1 is 1.18 bits per heavy atom. The molecule has 6 heteroatoms. The van der Waals surface area contributed by atoms with Crippen LogP contribution in [-0.2, 0) is 9.59 Å². The number of carbonyl (C=O) groups is 3. The quantitative estimate of drug-likeness (QED) is 0.697. The maximum atomic E-state index is 10.8. The second-order valence-electron chi connectivity index (χ2n) is 3.68. The summed E-state index contributed by atoms with van der Waals surface area (Å²) in [6, 6.07) is 7.57. The smallest absolute Gasteiger partial charge is 0.331 e. The molecule has 0 unspecified atom stereocenters. The topological polar surface area (TPSA) is 92.5 Å². The van der Waals surface area contributed by atoms with E-state index < -0.39 is 17.8 Å². The van der Waals surface area contributed by atoms with E-state index >= 15 is 0 Å². The Kier molecular flexibility index (Phi) is 2.78. The third-order valence-corrected chi connectivity index (χ3v) is 2.39. The number of fused-ring (bicyclic) bond motifs is 1. The van der Waals surface area contributed by atoms with E-state index in [1.165, 1.54) is 11.1 Å². The van der Waals surface area contributed by atoms with E-state index in [9.17, 15) is 14.4 Å². The van der Waals surface area contributed by atoms with Crippen molar-refractivity contribution in [3.05, 3.63) is 24.3 Å². The molecule has 3 aliphatic rings. The molecule has 17 heavy (non-hydrogen) atoms. The molecule has 1 saturated heterocycles. The van der Waals surface area contributed by atoms with Crippen LogP contribution in [0.1, 0.15) is 12.8 Å². The molecule has 0 spiro atoms. The number of hydrazine groups is 1. The zero-order valence-electron chi connectivity index (χ0n) is 8.97. The molecular weight excluding hydrogens is 222 g/mol. The normalized spacial score (nSPS) is 15.2. The van der Waals surface area contributed by atoms with Crippen molar-refractivity contribution < 1.29 is 14.4 Å². The Morgan fingerprint density at radius 3 is 2.00 bits per heavy atom. The molecule has 0 aromatic carbocycles. The van der Waals surface area contributed by atoms with E-state index in [1.807, 2.05) is 5.43 Å². The van der Waals surface area contributed by atoms with Crippen LogP contribution in [0.3, 0.4) is 0 Å². The first-order chi connectivity index (χ1) is 8.08. The minimum Gasteiger partial charge on any atom is -0.350 e. The Morgan fingerprint density at radius 2 is 1.71 bits per heavy atom. The lowest BCUT2D eigenvalue weighted by Crippen LogP contribution is -2.47. The molecular formula is C11H11N3O3. The molecule has 0 aromatic heterocycles. The summed E-state index contributed by atoms with van der Waals surface area (Å²) in [4.78, 5) is 31.7. The standard InChI is InChI=1S/C6H4.C5H7N3O3/c1-2-5-4-6(5)3-1;6-5(11)7-8-3(9)1-2-4(8)10/h1-4H;1-2H2,(H3,6,7,11). The van der Waals surface area contributed by atoms with E-state index in [0.29, 0.717) is 5.01 Å². The molecule has 6 nitrogen and oxygen atoms in total. The fourth-order valence-electron chi connectivity index (χ4n) is 1.49. The molecule has 0 aromatic rings. The molecule has 4 amide bonds. The van der Waals surface area contributed by atoms with Crippen LogP contribution in [0.4, 0.5) is 4.79 Å². The fraction of sp³-hybridized carbons (Fsp3) is 0.182. The number of nitrogens with zero attached hydrogens (tertiary/aromatic N) is 1. The Bertz CT molecular complexity index is 465. The van der Waals surface area contributed by atoms with E-state index in [0.717, 1.165) is 0 Å². The van der Waals surface area contributed by atoms with Crippen molar-refractivity contribution in [1.29, 1.82) is 0 Å². The molecule has 1 aliphatic heterocycles. The summed E-state index contributed by atoms with van der Waals surface area (Å²) >= 11 is 0. The molecule has 0 saturated carbocycles. The van der Waals surface area contributed by atoms with Crippen molar-refractivity contribution in [2.24, 2.45) is 5.73 Å². The molecule has 0 bridgehead atoms. The van der Waals surface area contributed by atoms with Crippen LogP contribution in [0.5, 0.6) is 0 Å². The first-order valence-electron chi connectivity index (χ1n) is 5.10. The zero-order chi connectivity index (χ0) is 12.4. The highest BCUT2D eigenvalue weighted by Crippen LogP contribution is 2.32. The van der Waals surface area contributed by atoms with E-state index in [1.54, 1.807) is 0 Å². The molecule has 88 valence electrons. The second kappa shape index (κ2) is 4.25. The molecule has 3 rings (SSSR count). The minimum atomic E-state index is -0.909. The van der Waals surface area contributed by atoms with Gasteiger partial charge in [0.15, 0.2) is 0 Å². The summed E-state index contributed by atoms with van der Waals surface area (Å²) in [7, 11) is 0. The van der Waals surface area contributed by atoms with Crippen LogP contribution in [0.2, 0.25) is 0 Å². The third-order valence-electron chi connectivity index (χ3n) is 2.39. The van der Waals surface area contributed by atoms with Crippen molar-refractivity contribution in [3.63, 3.8) is 0 Å². The largest absolute Gasteiger partial charge is 0.350 e. The minimum absolute atomic E-state index is 0.138. The summed E-state index contributed by atoms with van der Waals surface area (Å²) in [6.45, 7) is 0. The summed E-state index contributed by atoms with van der Waals surface area (Å²) < 4.78 is 0. The van der Waals surface area contributed by atoms with Crippen LogP contribution in [-0.4, -0.2) is 22.9 Å². The van der Waals surface area contributed by atoms with Gasteiger partial charge in [0.05, 0.1) is 0 Å². The predicted octanol–water partition coefficient (Wildman–Crippen LogP) is 0.386. The van der Waals surface area contributed by atoms with Crippen molar-refractivity contribution >= 4 is 17.8 Å². The Balaban J connectivity index is 0.000000148. The summed E-state index contributed by atoms with van der Waals surface area (Å²) in [5.41, 5.74) is 9.47. The van der Waals surface area contributed by atoms with Gasteiger partial charge in [-0.3, -0.25) is 9.59 Å². The van der Waals surface area contributed by atoms with Gasteiger partial charge in [-0.1, -0.05) is 18.2 Å². The monoisotopic (exact) mass is 233 g/mol. The SMILES string of the molecule is NC(=O)NN1C(=O)CCC1=O.c1cc2cc-2c1. The number of nitrogens with two attached hydrogens (primary N) is 1. The van der Waals surface area contributed by atoms with Crippen molar-refractivity contribution in [3.8, 4) is 11.1 Å². The number of imide groups is 1. The number of benzene rings is 1. The molecule has 2 aliphatic carbocycles. The number of urea groups is 1. The Labute approximate surface area is 97.4 Å². The summed E-state index contributed by atoms with van der Waals surface area (Å²) in [6.07, 6.45) is 0.276. The van der Waals surface area contributed by atoms with Gasteiger partial charge in [-0.2, -0.15) is 5.01 Å². The summed E-state index contributed by atoms with van der Waals surface area (Å²) in [5.74, 6) is -0.845.